The van der Waals surface area contributed by atoms with Gasteiger partial charge in [0.2, 0.25) is 0 Å². The van der Waals surface area contributed by atoms with Crippen molar-refractivity contribution in [3.05, 3.63) is 113 Å². The molecule has 0 radical (unpaired) electrons. The summed E-state index contributed by atoms with van der Waals surface area (Å²) in [5.74, 6) is 1.80. The first-order chi connectivity index (χ1) is 15.2. The van der Waals surface area contributed by atoms with Gasteiger partial charge in [0.1, 0.15) is 18.1 Å². The van der Waals surface area contributed by atoms with Crippen LogP contribution in [0.3, 0.4) is 0 Å². The zero-order chi connectivity index (χ0) is 21.4. The van der Waals surface area contributed by atoms with Crippen molar-refractivity contribution in [3.63, 3.8) is 0 Å². The van der Waals surface area contributed by atoms with Gasteiger partial charge in [0.05, 0.1) is 20.5 Å². The number of benzene rings is 3. The van der Waals surface area contributed by atoms with Gasteiger partial charge in [-0.2, -0.15) is 0 Å². The molecule has 0 amide bonds. The van der Waals surface area contributed by atoms with Crippen LogP contribution >= 0.6 is 0 Å². The van der Waals surface area contributed by atoms with Gasteiger partial charge in [-0.25, -0.2) is 0 Å². The monoisotopic (exact) mass is 410 g/mol. The lowest BCUT2D eigenvalue weighted by Gasteiger charge is -2.25. The third-order valence-corrected chi connectivity index (χ3v) is 6.60. The fourth-order valence-corrected chi connectivity index (χ4v) is 5.07. The lowest BCUT2D eigenvalue weighted by atomic mass is 9.77. The van der Waals surface area contributed by atoms with Crippen LogP contribution in [0.25, 0.3) is 5.57 Å². The largest absolute Gasteiger partial charge is 0.497 e. The fourth-order valence-electron chi connectivity index (χ4n) is 5.07. The van der Waals surface area contributed by atoms with Crippen molar-refractivity contribution in [1.29, 1.82) is 0 Å². The maximum Gasteiger partial charge on any atom is 0.119 e. The second kappa shape index (κ2) is 7.66. The summed E-state index contributed by atoms with van der Waals surface area (Å²) in [6.45, 7) is 4.15. The minimum absolute atomic E-state index is 0.108. The van der Waals surface area contributed by atoms with E-state index in [-0.39, 0.29) is 5.41 Å². The van der Waals surface area contributed by atoms with E-state index >= 15 is 0 Å². The molecule has 0 fully saturated rings. The van der Waals surface area contributed by atoms with Gasteiger partial charge in [-0.3, -0.25) is 0 Å². The first-order valence-electron chi connectivity index (χ1n) is 10.6. The Bertz CT molecular complexity index is 1170. The highest BCUT2D eigenvalue weighted by atomic mass is 16.5. The van der Waals surface area contributed by atoms with Crippen LogP contribution in [0.2, 0.25) is 0 Å². The number of rotatable bonds is 6. The second-order valence-corrected chi connectivity index (χ2v) is 8.14. The topological polar surface area (TPSA) is 27.7 Å². The number of hydrogen-bond acceptors (Lipinski definition) is 3. The fraction of sp³-hybridized carbons (Fsp3) is 0.214. The Balaban J connectivity index is 1.64. The van der Waals surface area contributed by atoms with Crippen molar-refractivity contribution in [1.82, 2.24) is 0 Å². The number of ether oxygens (including phenoxy) is 3. The summed E-state index contributed by atoms with van der Waals surface area (Å²) in [4.78, 5) is 0. The number of allylic oxidation sites excluding steroid dienone is 1. The standard InChI is InChI=1S/C28H26O3/c1-4-31-18-19-5-7-20(8-6-19)25-17-28(27-12-10-23(30-3)16-24(25)27)14-13-21-15-22(29-2)9-11-26(21)28/h4-12,15-17H,1,13-14,18H2,2-3H3. The second-order valence-electron chi connectivity index (χ2n) is 8.14. The summed E-state index contributed by atoms with van der Waals surface area (Å²) in [6, 6.07) is 21.6. The van der Waals surface area contributed by atoms with E-state index in [0.717, 1.165) is 29.9 Å². The number of methoxy groups -OCH3 is 2. The molecule has 0 saturated heterocycles. The lowest BCUT2D eigenvalue weighted by molar-refractivity contribution is 0.237. The Morgan fingerprint density at radius 3 is 2.32 bits per heavy atom. The van der Waals surface area contributed by atoms with E-state index in [9.17, 15) is 0 Å². The average molecular weight is 411 g/mol. The predicted octanol–water partition coefficient (Wildman–Crippen LogP) is 6.04. The van der Waals surface area contributed by atoms with E-state index in [2.05, 4.69) is 73.3 Å². The number of fused-ring (bicyclic) bond motifs is 4. The summed E-state index contributed by atoms with van der Waals surface area (Å²) in [6.07, 6.45) is 6.04. The molecular weight excluding hydrogens is 384 g/mol. The molecule has 0 heterocycles. The van der Waals surface area contributed by atoms with E-state index in [1.54, 1.807) is 14.2 Å². The minimum Gasteiger partial charge on any atom is -0.497 e. The first kappa shape index (κ1) is 19.5. The van der Waals surface area contributed by atoms with E-state index in [1.807, 2.05) is 0 Å². The highest BCUT2D eigenvalue weighted by molar-refractivity contribution is 5.89. The molecule has 2 aliphatic rings. The SMILES string of the molecule is C=COCc1ccc(C2=CC3(CCc4cc(OC)ccc43)c3ccc(OC)cc32)cc1. The molecule has 156 valence electrons. The molecule has 3 aromatic rings. The summed E-state index contributed by atoms with van der Waals surface area (Å²) < 4.78 is 16.4. The number of hydrogen-bond donors (Lipinski definition) is 0. The van der Waals surface area contributed by atoms with Gasteiger partial charge in [-0.1, -0.05) is 49.1 Å². The van der Waals surface area contributed by atoms with E-state index in [0.29, 0.717) is 6.61 Å². The molecule has 0 bridgehead atoms. The average Bonchev–Trinajstić information content (AvgIpc) is 3.36. The van der Waals surface area contributed by atoms with Crippen LogP contribution in [0.5, 0.6) is 11.5 Å². The van der Waals surface area contributed by atoms with Gasteiger partial charge in [-0.05, 0) is 76.1 Å². The van der Waals surface area contributed by atoms with Gasteiger partial charge >= 0.3 is 0 Å². The van der Waals surface area contributed by atoms with Crippen molar-refractivity contribution < 1.29 is 14.2 Å². The van der Waals surface area contributed by atoms with Gasteiger partial charge in [0.25, 0.3) is 0 Å². The molecular formula is C28H26O3. The Morgan fingerprint density at radius 2 is 1.61 bits per heavy atom. The summed E-state index contributed by atoms with van der Waals surface area (Å²) >= 11 is 0. The molecule has 2 aliphatic carbocycles. The Morgan fingerprint density at radius 1 is 0.903 bits per heavy atom. The zero-order valence-corrected chi connectivity index (χ0v) is 18.0. The Hall–Kier alpha value is -3.46. The summed E-state index contributed by atoms with van der Waals surface area (Å²) in [7, 11) is 3.45. The summed E-state index contributed by atoms with van der Waals surface area (Å²) in [5, 5.41) is 0. The predicted molar refractivity (Wildman–Crippen MR) is 124 cm³/mol. The van der Waals surface area contributed by atoms with Crippen LogP contribution < -0.4 is 9.47 Å². The normalized spacial score (nSPS) is 18.3. The molecule has 1 unspecified atom stereocenters. The van der Waals surface area contributed by atoms with Crippen molar-refractivity contribution in [2.24, 2.45) is 0 Å². The molecule has 0 aromatic heterocycles. The van der Waals surface area contributed by atoms with Crippen LogP contribution in [0.4, 0.5) is 0 Å². The lowest BCUT2D eigenvalue weighted by Crippen LogP contribution is -2.19. The van der Waals surface area contributed by atoms with Crippen molar-refractivity contribution in [2.75, 3.05) is 14.2 Å². The highest BCUT2D eigenvalue weighted by Crippen LogP contribution is 2.54. The molecule has 0 saturated carbocycles. The maximum atomic E-state index is 5.57. The van der Waals surface area contributed by atoms with E-state index in [1.165, 1.54) is 39.7 Å². The Kier molecular flexibility index (Phi) is 4.82. The van der Waals surface area contributed by atoms with Crippen LogP contribution in [0, 0.1) is 0 Å². The molecule has 5 rings (SSSR count). The summed E-state index contributed by atoms with van der Waals surface area (Å²) in [5.41, 5.74) is 8.83. The van der Waals surface area contributed by atoms with Crippen LogP contribution in [-0.2, 0) is 23.2 Å². The maximum absolute atomic E-state index is 5.57. The molecule has 0 aliphatic heterocycles. The Labute approximate surface area is 183 Å². The van der Waals surface area contributed by atoms with Crippen molar-refractivity contribution >= 4 is 5.57 Å². The van der Waals surface area contributed by atoms with Crippen LogP contribution in [0.1, 0.15) is 39.8 Å². The molecule has 0 N–H and O–H groups in total. The third kappa shape index (κ3) is 3.12. The molecule has 31 heavy (non-hydrogen) atoms. The molecule has 3 aromatic carbocycles. The minimum atomic E-state index is -0.108. The first-order valence-corrected chi connectivity index (χ1v) is 10.6. The molecule has 3 nitrogen and oxygen atoms in total. The zero-order valence-electron chi connectivity index (χ0n) is 18.0. The quantitative estimate of drug-likeness (QED) is 0.464. The van der Waals surface area contributed by atoms with Crippen LogP contribution in [0.15, 0.2) is 79.6 Å². The molecule has 1 atom stereocenters. The van der Waals surface area contributed by atoms with Gasteiger partial charge in [-0.15, -0.1) is 0 Å². The van der Waals surface area contributed by atoms with E-state index in [4.69, 9.17) is 14.2 Å². The smallest absolute Gasteiger partial charge is 0.119 e. The molecule has 1 spiro atoms. The number of aryl methyl sites for hydroxylation is 1. The van der Waals surface area contributed by atoms with Gasteiger partial charge in [0.15, 0.2) is 0 Å². The third-order valence-electron chi connectivity index (χ3n) is 6.60. The molecule has 3 heteroatoms. The van der Waals surface area contributed by atoms with Gasteiger partial charge < -0.3 is 14.2 Å². The van der Waals surface area contributed by atoms with Crippen LogP contribution in [-0.4, -0.2) is 14.2 Å². The van der Waals surface area contributed by atoms with Gasteiger partial charge in [0, 0.05) is 5.41 Å². The van der Waals surface area contributed by atoms with Crippen molar-refractivity contribution in [2.45, 2.75) is 24.9 Å². The van der Waals surface area contributed by atoms with E-state index < -0.39 is 0 Å². The van der Waals surface area contributed by atoms with Crippen molar-refractivity contribution in [3.8, 4) is 11.5 Å². The highest BCUT2D eigenvalue weighted by Gasteiger charge is 2.44.